The molecule has 22 heavy (non-hydrogen) atoms. The van der Waals surface area contributed by atoms with Crippen LogP contribution in [0.25, 0.3) is 0 Å². The van der Waals surface area contributed by atoms with Gasteiger partial charge >= 0.3 is 11.9 Å². The summed E-state index contributed by atoms with van der Waals surface area (Å²) in [5, 5.41) is 0. The van der Waals surface area contributed by atoms with E-state index in [-0.39, 0.29) is 0 Å². The van der Waals surface area contributed by atoms with Crippen LogP contribution < -0.4 is 0 Å². The van der Waals surface area contributed by atoms with Crippen molar-refractivity contribution < 1.29 is 14.3 Å². The highest BCUT2D eigenvalue weighted by Crippen LogP contribution is 2.16. The van der Waals surface area contributed by atoms with E-state index in [9.17, 15) is 9.59 Å². The van der Waals surface area contributed by atoms with Gasteiger partial charge in [0.15, 0.2) is 0 Å². The molecule has 0 radical (unpaired) electrons. The Kier molecular flexibility index (Phi) is 5.10. The first-order valence-corrected chi connectivity index (χ1v) is 7.38. The molecule has 0 aromatic heterocycles. The third-order valence-corrected chi connectivity index (χ3v) is 3.40. The van der Waals surface area contributed by atoms with Crippen LogP contribution in [0.4, 0.5) is 0 Å². The minimum Gasteiger partial charge on any atom is -0.386 e. The van der Waals surface area contributed by atoms with Crippen LogP contribution in [-0.4, -0.2) is 11.9 Å². The molecule has 2 aromatic rings. The molecule has 3 nitrogen and oxygen atoms in total. The van der Waals surface area contributed by atoms with Gasteiger partial charge in [-0.05, 0) is 54.7 Å². The molecule has 0 fully saturated rings. The molecule has 0 atom stereocenters. The van der Waals surface area contributed by atoms with Gasteiger partial charge < -0.3 is 4.74 Å². The second kappa shape index (κ2) is 7.03. The lowest BCUT2D eigenvalue weighted by Crippen LogP contribution is -2.13. The third kappa shape index (κ3) is 4.04. The number of aryl methyl sites for hydroxylation is 1. The zero-order valence-electron chi connectivity index (χ0n) is 13.1. The first kappa shape index (κ1) is 16.0. The van der Waals surface area contributed by atoms with Gasteiger partial charge in [0.2, 0.25) is 0 Å². The van der Waals surface area contributed by atoms with Crippen molar-refractivity contribution in [3.8, 4) is 0 Å². The second-order valence-electron chi connectivity index (χ2n) is 5.78. The molecule has 0 aliphatic heterocycles. The predicted molar refractivity (Wildman–Crippen MR) is 85.9 cm³/mol. The Morgan fingerprint density at radius 2 is 1.59 bits per heavy atom. The Balaban J connectivity index is 2.10. The largest absolute Gasteiger partial charge is 0.386 e. The molecule has 0 amide bonds. The number of carbonyl (C=O) groups is 2. The Morgan fingerprint density at radius 3 is 2.18 bits per heavy atom. The second-order valence-corrected chi connectivity index (χ2v) is 5.78. The number of carbonyl (C=O) groups excluding carboxylic acids is 2. The maximum absolute atomic E-state index is 12.1. The summed E-state index contributed by atoms with van der Waals surface area (Å²) < 4.78 is 4.92. The average molecular weight is 296 g/mol. The van der Waals surface area contributed by atoms with Crippen molar-refractivity contribution in [1.29, 1.82) is 0 Å². The lowest BCUT2D eigenvalue weighted by atomic mass is 9.97. The van der Waals surface area contributed by atoms with Crippen molar-refractivity contribution in [2.75, 3.05) is 0 Å². The zero-order chi connectivity index (χ0) is 16.1. The van der Waals surface area contributed by atoms with Crippen LogP contribution in [0, 0.1) is 12.8 Å². The number of hydrogen-bond donors (Lipinski definition) is 0. The summed E-state index contributed by atoms with van der Waals surface area (Å²) in [6.45, 7) is 6.27. The van der Waals surface area contributed by atoms with Crippen molar-refractivity contribution in [2.45, 2.75) is 27.2 Å². The molecule has 0 bridgehead atoms. The fraction of sp³-hybridized carbons (Fsp3) is 0.263. The van der Waals surface area contributed by atoms with Crippen molar-refractivity contribution in [1.82, 2.24) is 0 Å². The summed E-state index contributed by atoms with van der Waals surface area (Å²) in [5.74, 6) is -0.696. The van der Waals surface area contributed by atoms with Gasteiger partial charge in [0.25, 0.3) is 0 Å². The molecular formula is C19H20O3. The summed E-state index contributed by atoms with van der Waals surface area (Å²) in [5.41, 5.74) is 3.01. The van der Waals surface area contributed by atoms with Gasteiger partial charge in [-0.15, -0.1) is 0 Å². The lowest BCUT2D eigenvalue weighted by molar-refractivity contribution is 0.0397. The summed E-state index contributed by atoms with van der Waals surface area (Å²) in [4.78, 5) is 24.0. The fourth-order valence-electron chi connectivity index (χ4n) is 2.27. The van der Waals surface area contributed by atoms with Crippen LogP contribution >= 0.6 is 0 Å². The topological polar surface area (TPSA) is 43.4 Å². The monoisotopic (exact) mass is 296 g/mol. The predicted octanol–water partition coefficient (Wildman–Crippen LogP) is 4.19. The van der Waals surface area contributed by atoms with Gasteiger partial charge in [0, 0.05) is 0 Å². The Hall–Kier alpha value is -2.42. The standard InChI is InChI=1S/C19H20O3/c1-13(2)11-16-9-10-17(12-14(16)3)19(21)22-18(20)15-7-5-4-6-8-15/h4-10,12-13H,11H2,1-3H3. The molecule has 3 heteroatoms. The van der Waals surface area contributed by atoms with Crippen LogP contribution in [0.15, 0.2) is 48.5 Å². The molecule has 2 aromatic carbocycles. The summed E-state index contributed by atoms with van der Waals surface area (Å²) in [6.07, 6.45) is 0.962. The first-order chi connectivity index (χ1) is 10.5. The van der Waals surface area contributed by atoms with Crippen LogP contribution in [-0.2, 0) is 11.2 Å². The van der Waals surface area contributed by atoms with E-state index in [4.69, 9.17) is 4.74 Å². The molecular weight excluding hydrogens is 276 g/mol. The smallest absolute Gasteiger partial charge is 0.346 e. The van der Waals surface area contributed by atoms with E-state index in [2.05, 4.69) is 13.8 Å². The Morgan fingerprint density at radius 1 is 0.955 bits per heavy atom. The number of hydrogen-bond acceptors (Lipinski definition) is 3. The maximum Gasteiger partial charge on any atom is 0.346 e. The van der Waals surface area contributed by atoms with Crippen molar-refractivity contribution in [3.05, 3.63) is 70.8 Å². The van der Waals surface area contributed by atoms with Gasteiger partial charge in [0.05, 0.1) is 11.1 Å². The maximum atomic E-state index is 12.1. The minimum absolute atomic E-state index is 0.365. The van der Waals surface area contributed by atoms with Crippen LogP contribution in [0.2, 0.25) is 0 Å². The van der Waals surface area contributed by atoms with Gasteiger partial charge in [-0.2, -0.15) is 0 Å². The first-order valence-electron chi connectivity index (χ1n) is 7.38. The molecule has 0 unspecified atom stereocenters. The van der Waals surface area contributed by atoms with E-state index in [1.165, 1.54) is 5.56 Å². The number of esters is 2. The summed E-state index contributed by atoms with van der Waals surface area (Å²) >= 11 is 0. The number of benzene rings is 2. The zero-order valence-corrected chi connectivity index (χ0v) is 13.1. The molecule has 114 valence electrons. The Bertz CT molecular complexity index is 672. The van der Waals surface area contributed by atoms with E-state index in [1.54, 1.807) is 42.5 Å². The minimum atomic E-state index is -0.630. The lowest BCUT2D eigenvalue weighted by Gasteiger charge is -2.10. The van der Waals surface area contributed by atoms with Crippen LogP contribution in [0.1, 0.15) is 45.7 Å². The van der Waals surface area contributed by atoms with Crippen LogP contribution in [0.5, 0.6) is 0 Å². The fourth-order valence-corrected chi connectivity index (χ4v) is 2.27. The molecule has 0 heterocycles. The molecule has 0 spiro atoms. The molecule has 0 aliphatic carbocycles. The Labute approximate surface area is 130 Å². The van der Waals surface area contributed by atoms with E-state index >= 15 is 0 Å². The molecule has 0 saturated carbocycles. The van der Waals surface area contributed by atoms with Crippen molar-refractivity contribution >= 4 is 11.9 Å². The van der Waals surface area contributed by atoms with E-state index in [0.717, 1.165) is 12.0 Å². The summed E-state index contributed by atoms with van der Waals surface area (Å²) in [6, 6.07) is 13.9. The average Bonchev–Trinajstić information content (AvgIpc) is 2.49. The third-order valence-electron chi connectivity index (χ3n) is 3.40. The van der Waals surface area contributed by atoms with Gasteiger partial charge in [-0.25, -0.2) is 9.59 Å². The molecule has 0 aliphatic rings. The SMILES string of the molecule is Cc1cc(C(=O)OC(=O)c2ccccc2)ccc1CC(C)C. The van der Waals surface area contributed by atoms with E-state index in [0.29, 0.717) is 17.0 Å². The van der Waals surface area contributed by atoms with Gasteiger partial charge in [-0.1, -0.05) is 38.1 Å². The van der Waals surface area contributed by atoms with Gasteiger partial charge in [0.1, 0.15) is 0 Å². The highest BCUT2D eigenvalue weighted by Gasteiger charge is 2.15. The molecule has 0 saturated heterocycles. The summed E-state index contributed by atoms with van der Waals surface area (Å²) in [7, 11) is 0. The van der Waals surface area contributed by atoms with Crippen molar-refractivity contribution in [3.63, 3.8) is 0 Å². The molecule has 0 N–H and O–H groups in total. The quantitative estimate of drug-likeness (QED) is 0.627. The number of rotatable bonds is 4. The van der Waals surface area contributed by atoms with Crippen molar-refractivity contribution in [2.24, 2.45) is 5.92 Å². The number of ether oxygens (including phenoxy) is 1. The highest BCUT2D eigenvalue weighted by atomic mass is 16.6. The van der Waals surface area contributed by atoms with E-state index < -0.39 is 11.9 Å². The highest BCUT2D eigenvalue weighted by molar-refractivity contribution is 6.02. The van der Waals surface area contributed by atoms with Gasteiger partial charge in [-0.3, -0.25) is 0 Å². The normalized spacial score (nSPS) is 10.5. The molecule has 2 rings (SSSR count). The van der Waals surface area contributed by atoms with Crippen LogP contribution in [0.3, 0.4) is 0 Å². The van der Waals surface area contributed by atoms with E-state index in [1.807, 2.05) is 13.0 Å².